The molecule has 2 aliphatic heterocycles. The molecule has 0 atom stereocenters. The summed E-state index contributed by atoms with van der Waals surface area (Å²) in [6.45, 7) is 3.96. The lowest BCUT2D eigenvalue weighted by atomic mass is 10.1. The third-order valence-corrected chi connectivity index (χ3v) is 6.43. The molecule has 0 saturated carbocycles. The zero-order valence-corrected chi connectivity index (χ0v) is 19.0. The average Bonchev–Trinajstić information content (AvgIpc) is 3.10. The first-order valence-electron chi connectivity index (χ1n) is 11.4. The molecule has 0 aromatic heterocycles. The van der Waals surface area contributed by atoms with Gasteiger partial charge in [0.15, 0.2) is 0 Å². The van der Waals surface area contributed by atoms with E-state index in [9.17, 15) is 14.4 Å². The van der Waals surface area contributed by atoms with Gasteiger partial charge in [0.25, 0.3) is 17.7 Å². The van der Waals surface area contributed by atoms with E-state index >= 15 is 0 Å². The fraction of sp³-hybridized carbons (Fsp3) is 0.222. The third-order valence-electron chi connectivity index (χ3n) is 6.43. The number of imide groups is 1. The number of rotatable bonds is 5. The smallest absolute Gasteiger partial charge is 0.261 e. The Morgan fingerprint density at radius 3 is 2.03 bits per heavy atom. The van der Waals surface area contributed by atoms with Crippen molar-refractivity contribution in [2.75, 3.05) is 43.4 Å². The van der Waals surface area contributed by atoms with Crippen molar-refractivity contribution in [2.45, 2.75) is 6.54 Å². The van der Waals surface area contributed by atoms with Crippen LogP contribution in [0.2, 0.25) is 0 Å². The maximum absolute atomic E-state index is 13.0. The predicted octanol–water partition coefficient (Wildman–Crippen LogP) is 3.49. The zero-order valence-electron chi connectivity index (χ0n) is 19.0. The lowest BCUT2D eigenvalue weighted by molar-refractivity contribution is 0.0642. The molecule has 2 heterocycles. The molecule has 7 nitrogen and oxygen atoms in total. The molecule has 3 amide bonds. The van der Waals surface area contributed by atoms with Crippen LogP contribution in [-0.2, 0) is 6.54 Å². The molecule has 0 radical (unpaired) electrons. The van der Waals surface area contributed by atoms with E-state index in [1.165, 1.54) is 4.90 Å². The largest absolute Gasteiger partial charge is 0.367 e. The molecular weight excluding hydrogens is 428 g/mol. The van der Waals surface area contributed by atoms with Crippen molar-refractivity contribution in [1.29, 1.82) is 0 Å². The van der Waals surface area contributed by atoms with Gasteiger partial charge in [-0.1, -0.05) is 36.4 Å². The SMILES string of the molecule is CN1CCN(c2ccccc2NC(=O)c2ccc(CN3C(=O)c4ccccc4C3=O)cc2)CC1. The molecule has 1 N–H and O–H groups in total. The van der Waals surface area contributed by atoms with Crippen molar-refractivity contribution < 1.29 is 14.4 Å². The molecule has 2 aliphatic rings. The van der Waals surface area contributed by atoms with E-state index in [2.05, 4.69) is 22.2 Å². The number of carbonyl (C=O) groups is 3. The summed E-state index contributed by atoms with van der Waals surface area (Å²) in [5, 5.41) is 3.04. The molecule has 0 bridgehead atoms. The summed E-state index contributed by atoms with van der Waals surface area (Å²) in [6, 6.07) is 21.7. The maximum Gasteiger partial charge on any atom is 0.261 e. The van der Waals surface area contributed by atoms with Crippen LogP contribution in [0.1, 0.15) is 36.6 Å². The Morgan fingerprint density at radius 1 is 0.794 bits per heavy atom. The summed E-state index contributed by atoms with van der Waals surface area (Å²) >= 11 is 0. The van der Waals surface area contributed by atoms with Crippen LogP contribution < -0.4 is 10.2 Å². The molecule has 0 aliphatic carbocycles. The predicted molar refractivity (Wildman–Crippen MR) is 131 cm³/mol. The number of nitrogens with zero attached hydrogens (tertiary/aromatic N) is 3. The topological polar surface area (TPSA) is 73.0 Å². The molecule has 3 aromatic carbocycles. The zero-order chi connectivity index (χ0) is 23.7. The quantitative estimate of drug-likeness (QED) is 0.598. The van der Waals surface area contributed by atoms with Crippen molar-refractivity contribution in [3.63, 3.8) is 0 Å². The number of anilines is 2. The van der Waals surface area contributed by atoms with E-state index in [0.717, 1.165) is 43.1 Å². The Kier molecular flexibility index (Phi) is 5.86. The highest BCUT2D eigenvalue weighted by molar-refractivity contribution is 6.21. The van der Waals surface area contributed by atoms with Crippen LogP contribution in [0.15, 0.2) is 72.8 Å². The summed E-state index contributed by atoms with van der Waals surface area (Å²) in [6.07, 6.45) is 0. The standard InChI is InChI=1S/C27H26N4O3/c1-29-14-16-30(17-15-29)24-9-5-4-8-23(24)28-25(32)20-12-10-19(11-13-20)18-31-26(33)21-6-2-3-7-22(21)27(31)34/h2-13H,14-18H2,1H3,(H,28,32). The molecule has 1 saturated heterocycles. The van der Waals surface area contributed by atoms with Crippen LogP contribution in [0.3, 0.4) is 0 Å². The second-order valence-corrected chi connectivity index (χ2v) is 8.70. The Hall–Kier alpha value is -3.97. The van der Waals surface area contributed by atoms with Crippen LogP contribution >= 0.6 is 0 Å². The first-order valence-corrected chi connectivity index (χ1v) is 11.4. The molecule has 34 heavy (non-hydrogen) atoms. The summed E-state index contributed by atoms with van der Waals surface area (Å²) < 4.78 is 0. The monoisotopic (exact) mass is 454 g/mol. The van der Waals surface area contributed by atoms with Crippen molar-refractivity contribution in [3.8, 4) is 0 Å². The van der Waals surface area contributed by atoms with Crippen LogP contribution in [-0.4, -0.2) is 60.7 Å². The number of benzene rings is 3. The number of hydrogen-bond donors (Lipinski definition) is 1. The first kappa shape index (κ1) is 21.9. The molecule has 0 spiro atoms. The van der Waals surface area contributed by atoms with Gasteiger partial charge in [0.1, 0.15) is 0 Å². The number of carbonyl (C=O) groups excluding carboxylic acids is 3. The number of hydrogen-bond acceptors (Lipinski definition) is 5. The lowest BCUT2D eigenvalue weighted by Gasteiger charge is -2.35. The van der Waals surface area contributed by atoms with E-state index in [4.69, 9.17) is 0 Å². The van der Waals surface area contributed by atoms with Gasteiger partial charge in [-0.05, 0) is 49.0 Å². The Labute approximate surface area is 198 Å². The van der Waals surface area contributed by atoms with Crippen molar-refractivity contribution >= 4 is 29.1 Å². The molecular formula is C27H26N4O3. The minimum absolute atomic E-state index is 0.167. The molecule has 5 rings (SSSR count). The van der Waals surface area contributed by atoms with Gasteiger partial charge in [-0.15, -0.1) is 0 Å². The Balaban J connectivity index is 1.27. The highest BCUT2D eigenvalue weighted by Crippen LogP contribution is 2.27. The summed E-state index contributed by atoms with van der Waals surface area (Å²) in [5.74, 6) is -0.778. The summed E-state index contributed by atoms with van der Waals surface area (Å²) in [7, 11) is 2.11. The van der Waals surface area contributed by atoms with E-state index in [1.807, 2.05) is 24.3 Å². The van der Waals surface area contributed by atoms with Crippen molar-refractivity contribution in [3.05, 3.63) is 95.1 Å². The van der Waals surface area contributed by atoms with Gasteiger partial charge in [0.05, 0.1) is 29.0 Å². The van der Waals surface area contributed by atoms with Crippen molar-refractivity contribution in [2.24, 2.45) is 0 Å². The number of nitrogens with one attached hydrogen (secondary N) is 1. The second-order valence-electron chi connectivity index (χ2n) is 8.70. The highest BCUT2D eigenvalue weighted by atomic mass is 16.2. The normalized spacial score (nSPS) is 16.0. The number of piperazine rings is 1. The maximum atomic E-state index is 13.0. The number of fused-ring (bicyclic) bond motifs is 1. The van der Waals surface area contributed by atoms with E-state index in [0.29, 0.717) is 16.7 Å². The van der Waals surface area contributed by atoms with Crippen LogP contribution in [0.25, 0.3) is 0 Å². The lowest BCUT2D eigenvalue weighted by Crippen LogP contribution is -2.44. The number of likely N-dealkylation sites (N-methyl/N-ethyl adjacent to an activating group) is 1. The second kappa shape index (κ2) is 9.11. The van der Waals surface area contributed by atoms with E-state index in [-0.39, 0.29) is 24.3 Å². The third kappa shape index (κ3) is 4.18. The summed E-state index contributed by atoms with van der Waals surface area (Å²) in [5.41, 5.74) is 3.96. The van der Waals surface area contributed by atoms with Gasteiger partial charge < -0.3 is 15.1 Å². The highest BCUT2D eigenvalue weighted by Gasteiger charge is 2.34. The number of amides is 3. The number of para-hydroxylation sites is 2. The fourth-order valence-corrected chi connectivity index (χ4v) is 4.42. The van der Waals surface area contributed by atoms with Gasteiger partial charge in [-0.25, -0.2) is 0 Å². The van der Waals surface area contributed by atoms with Gasteiger partial charge >= 0.3 is 0 Å². The minimum atomic E-state index is -0.289. The van der Waals surface area contributed by atoms with Crippen LogP contribution in [0.5, 0.6) is 0 Å². The van der Waals surface area contributed by atoms with Gasteiger partial charge in [-0.2, -0.15) is 0 Å². The average molecular weight is 455 g/mol. The summed E-state index contributed by atoms with van der Waals surface area (Å²) in [4.78, 5) is 44.0. The molecule has 7 heteroatoms. The fourth-order valence-electron chi connectivity index (χ4n) is 4.42. The van der Waals surface area contributed by atoms with E-state index < -0.39 is 0 Å². The van der Waals surface area contributed by atoms with Gasteiger partial charge in [0, 0.05) is 31.7 Å². The van der Waals surface area contributed by atoms with E-state index in [1.54, 1.807) is 48.5 Å². The van der Waals surface area contributed by atoms with Crippen LogP contribution in [0, 0.1) is 0 Å². The molecule has 172 valence electrons. The Bertz CT molecular complexity index is 1210. The molecule has 1 fully saturated rings. The Morgan fingerprint density at radius 2 is 1.38 bits per heavy atom. The van der Waals surface area contributed by atoms with Crippen LogP contribution in [0.4, 0.5) is 11.4 Å². The van der Waals surface area contributed by atoms with Crippen molar-refractivity contribution in [1.82, 2.24) is 9.80 Å². The van der Waals surface area contributed by atoms with Gasteiger partial charge in [-0.3, -0.25) is 19.3 Å². The first-order chi connectivity index (χ1) is 16.5. The molecule has 3 aromatic rings. The van der Waals surface area contributed by atoms with Gasteiger partial charge in [0.2, 0.25) is 0 Å². The molecule has 0 unspecified atom stereocenters. The minimum Gasteiger partial charge on any atom is -0.367 e.